The highest BCUT2D eigenvalue weighted by atomic mass is 79.9. The summed E-state index contributed by atoms with van der Waals surface area (Å²) in [5.74, 6) is -1.48. The van der Waals surface area contributed by atoms with E-state index in [-0.39, 0.29) is 5.92 Å². The van der Waals surface area contributed by atoms with E-state index in [2.05, 4.69) is 41.9 Å². The number of rotatable bonds is 7. The molecule has 6 nitrogen and oxygen atoms in total. The maximum Gasteiger partial charge on any atom is 0.348 e. The number of halogens is 2. The Morgan fingerprint density at radius 2 is 1.96 bits per heavy atom. The van der Waals surface area contributed by atoms with Crippen LogP contribution in [-0.2, 0) is 19.1 Å². The number of ether oxygens (including phenoxy) is 2. The van der Waals surface area contributed by atoms with Gasteiger partial charge in [-0.25, -0.2) is 9.59 Å². The fourth-order valence-electron chi connectivity index (χ4n) is 1.71. The first kappa shape index (κ1) is 20.1. The first-order chi connectivity index (χ1) is 10.7. The van der Waals surface area contributed by atoms with Gasteiger partial charge in [-0.05, 0) is 50.3 Å². The van der Waals surface area contributed by atoms with Crippen LogP contribution in [0.3, 0.4) is 0 Å². The molecule has 1 aromatic rings. The minimum Gasteiger partial charge on any atom is -0.467 e. The number of amides is 1. The lowest BCUT2D eigenvalue weighted by atomic mass is 10.0. The zero-order chi connectivity index (χ0) is 17.6. The zero-order valence-corrected chi connectivity index (χ0v) is 16.8. The van der Waals surface area contributed by atoms with Crippen molar-refractivity contribution in [2.75, 3.05) is 13.7 Å². The van der Waals surface area contributed by atoms with E-state index in [1.807, 2.05) is 13.8 Å². The molecular formula is C14H17Br2NO5S. The van der Waals surface area contributed by atoms with Crippen molar-refractivity contribution >= 4 is 61.0 Å². The standard InChI is InChI=1S/C14H17Br2NO5S/c1-7(2)4-9(13(19)21-3)17-11(18)6-22-14(20)10-5-8(15)12(16)23-10/h5,7,9H,4,6H2,1-3H3,(H,17,18). The largest absolute Gasteiger partial charge is 0.467 e. The second-order valence-electron chi connectivity index (χ2n) is 5.08. The third kappa shape index (κ3) is 6.60. The quantitative estimate of drug-likeness (QED) is 0.619. The predicted molar refractivity (Wildman–Crippen MR) is 93.4 cm³/mol. The summed E-state index contributed by atoms with van der Waals surface area (Å²) in [5.41, 5.74) is 0. The van der Waals surface area contributed by atoms with Crippen LogP contribution in [0.1, 0.15) is 29.9 Å². The SMILES string of the molecule is COC(=O)C(CC(C)C)NC(=O)COC(=O)c1cc(Br)c(Br)s1. The number of methoxy groups -OCH3 is 1. The molecule has 1 amide bonds. The highest BCUT2D eigenvalue weighted by molar-refractivity contribution is 9.13. The Morgan fingerprint density at radius 3 is 2.43 bits per heavy atom. The van der Waals surface area contributed by atoms with E-state index >= 15 is 0 Å². The van der Waals surface area contributed by atoms with Gasteiger partial charge in [0, 0.05) is 4.47 Å². The van der Waals surface area contributed by atoms with Gasteiger partial charge in [-0.3, -0.25) is 4.79 Å². The Morgan fingerprint density at radius 1 is 1.30 bits per heavy atom. The molecule has 0 radical (unpaired) electrons. The molecular weight excluding hydrogens is 454 g/mol. The second-order valence-corrected chi connectivity index (χ2v) is 8.31. The highest BCUT2D eigenvalue weighted by Crippen LogP contribution is 2.32. The van der Waals surface area contributed by atoms with Crippen molar-refractivity contribution in [3.63, 3.8) is 0 Å². The summed E-state index contributed by atoms with van der Waals surface area (Å²) in [6, 6.07) is 0.849. The number of carbonyl (C=O) groups is 3. The molecule has 0 aromatic carbocycles. The van der Waals surface area contributed by atoms with Crippen LogP contribution in [0.5, 0.6) is 0 Å². The molecule has 0 bridgehead atoms. The molecule has 0 saturated carbocycles. The molecule has 0 saturated heterocycles. The molecule has 1 atom stereocenters. The number of thiophene rings is 1. The van der Waals surface area contributed by atoms with Gasteiger partial charge in [0.25, 0.3) is 5.91 Å². The zero-order valence-electron chi connectivity index (χ0n) is 12.9. The Labute approximate surface area is 155 Å². The Hall–Kier alpha value is -0.930. The first-order valence-corrected chi connectivity index (χ1v) is 9.14. The van der Waals surface area contributed by atoms with Gasteiger partial charge in [0.05, 0.1) is 10.9 Å². The number of carbonyl (C=O) groups excluding carboxylic acids is 3. The second kappa shape index (κ2) is 9.39. The van der Waals surface area contributed by atoms with Crippen LogP contribution < -0.4 is 5.32 Å². The molecule has 0 aliphatic carbocycles. The van der Waals surface area contributed by atoms with Gasteiger partial charge in [-0.15, -0.1) is 11.3 Å². The van der Waals surface area contributed by atoms with Crippen LogP contribution in [0.25, 0.3) is 0 Å². The van der Waals surface area contributed by atoms with E-state index in [0.29, 0.717) is 11.3 Å². The molecule has 128 valence electrons. The average molecular weight is 471 g/mol. The van der Waals surface area contributed by atoms with Crippen LogP contribution in [0.2, 0.25) is 0 Å². The van der Waals surface area contributed by atoms with Gasteiger partial charge in [0.1, 0.15) is 10.9 Å². The minimum absolute atomic E-state index is 0.197. The van der Waals surface area contributed by atoms with Crippen molar-refractivity contribution in [1.82, 2.24) is 5.32 Å². The van der Waals surface area contributed by atoms with Crippen LogP contribution in [0.15, 0.2) is 14.3 Å². The maximum atomic E-state index is 11.9. The lowest BCUT2D eigenvalue weighted by Crippen LogP contribution is -2.44. The molecule has 1 unspecified atom stereocenters. The van der Waals surface area contributed by atoms with E-state index in [9.17, 15) is 14.4 Å². The first-order valence-electron chi connectivity index (χ1n) is 6.73. The van der Waals surface area contributed by atoms with Crippen molar-refractivity contribution in [3.8, 4) is 0 Å². The summed E-state index contributed by atoms with van der Waals surface area (Å²) >= 11 is 7.74. The average Bonchev–Trinajstić information content (AvgIpc) is 2.82. The summed E-state index contributed by atoms with van der Waals surface area (Å²) in [4.78, 5) is 35.7. The molecule has 0 aliphatic rings. The van der Waals surface area contributed by atoms with Gasteiger partial charge < -0.3 is 14.8 Å². The van der Waals surface area contributed by atoms with Crippen LogP contribution in [0.4, 0.5) is 0 Å². The Kier molecular flexibility index (Phi) is 8.21. The van der Waals surface area contributed by atoms with Crippen molar-refractivity contribution in [2.24, 2.45) is 5.92 Å². The number of nitrogens with one attached hydrogen (secondary N) is 1. The molecule has 1 N–H and O–H groups in total. The highest BCUT2D eigenvalue weighted by Gasteiger charge is 2.23. The Balaban J connectivity index is 2.54. The molecule has 23 heavy (non-hydrogen) atoms. The van der Waals surface area contributed by atoms with Crippen LogP contribution in [-0.4, -0.2) is 37.6 Å². The topological polar surface area (TPSA) is 81.7 Å². The van der Waals surface area contributed by atoms with Crippen molar-refractivity contribution < 1.29 is 23.9 Å². The van der Waals surface area contributed by atoms with Crippen molar-refractivity contribution in [3.05, 3.63) is 19.2 Å². The third-order valence-electron chi connectivity index (χ3n) is 2.71. The molecule has 0 spiro atoms. The van der Waals surface area contributed by atoms with Crippen LogP contribution >= 0.6 is 43.2 Å². The number of hydrogen-bond donors (Lipinski definition) is 1. The maximum absolute atomic E-state index is 11.9. The molecule has 0 aliphatic heterocycles. The lowest BCUT2D eigenvalue weighted by molar-refractivity contribution is -0.145. The summed E-state index contributed by atoms with van der Waals surface area (Å²) < 4.78 is 11.1. The molecule has 0 fully saturated rings. The van der Waals surface area contributed by atoms with E-state index in [1.54, 1.807) is 6.07 Å². The molecule has 9 heteroatoms. The van der Waals surface area contributed by atoms with E-state index < -0.39 is 30.5 Å². The fourth-order valence-corrected chi connectivity index (χ4v) is 3.64. The number of hydrogen-bond acceptors (Lipinski definition) is 6. The third-order valence-corrected chi connectivity index (χ3v) is 5.94. The van der Waals surface area contributed by atoms with Gasteiger partial charge in [0.2, 0.25) is 0 Å². The minimum atomic E-state index is -0.753. The van der Waals surface area contributed by atoms with Crippen molar-refractivity contribution in [1.29, 1.82) is 0 Å². The summed E-state index contributed by atoms with van der Waals surface area (Å²) in [7, 11) is 1.26. The smallest absolute Gasteiger partial charge is 0.348 e. The monoisotopic (exact) mass is 469 g/mol. The van der Waals surface area contributed by atoms with E-state index in [0.717, 1.165) is 8.26 Å². The fraction of sp³-hybridized carbons (Fsp3) is 0.500. The predicted octanol–water partition coefficient (Wildman–Crippen LogP) is 3.13. The van der Waals surface area contributed by atoms with Gasteiger partial charge in [0.15, 0.2) is 6.61 Å². The van der Waals surface area contributed by atoms with E-state index in [1.165, 1.54) is 18.4 Å². The summed E-state index contributed by atoms with van der Waals surface area (Å²) in [6.45, 7) is 3.39. The molecule has 1 aromatic heterocycles. The summed E-state index contributed by atoms with van der Waals surface area (Å²) in [6.07, 6.45) is 0.442. The Bertz CT molecular complexity index is 568. The van der Waals surface area contributed by atoms with Gasteiger partial charge >= 0.3 is 11.9 Å². The van der Waals surface area contributed by atoms with Gasteiger partial charge in [-0.1, -0.05) is 13.8 Å². The lowest BCUT2D eigenvalue weighted by Gasteiger charge is -2.18. The summed E-state index contributed by atoms with van der Waals surface area (Å²) in [5, 5.41) is 2.52. The molecule has 1 heterocycles. The number of esters is 2. The van der Waals surface area contributed by atoms with Gasteiger partial charge in [-0.2, -0.15) is 0 Å². The van der Waals surface area contributed by atoms with Crippen LogP contribution in [0, 0.1) is 5.92 Å². The van der Waals surface area contributed by atoms with E-state index in [4.69, 9.17) is 4.74 Å². The normalized spacial score (nSPS) is 11.9. The molecule has 1 rings (SSSR count). The van der Waals surface area contributed by atoms with Crippen molar-refractivity contribution in [2.45, 2.75) is 26.3 Å².